The molecule has 1 heterocycles. The topological polar surface area (TPSA) is 20.3 Å². The van der Waals surface area contributed by atoms with Crippen LogP contribution in [0.2, 0.25) is 5.02 Å². The van der Waals surface area contributed by atoms with E-state index in [9.17, 15) is 4.79 Å². The van der Waals surface area contributed by atoms with Crippen LogP contribution >= 0.6 is 11.6 Å². The van der Waals surface area contributed by atoms with Crippen LogP contribution in [0.4, 0.5) is 5.69 Å². The van der Waals surface area contributed by atoms with Crippen molar-refractivity contribution in [2.24, 2.45) is 0 Å². The van der Waals surface area contributed by atoms with Crippen LogP contribution in [0, 0.1) is 0 Å². The SMILES string of the molecule is O=C(CCN1CCc2ccccc21)c1ccccc1Cl. The molecular formula is C17H16ClNO. The van der Waals surface area contributed by atoms with Crippen LogP contribution in [0.5, 0.6) is 0 Å². The Kier molecular flexibility index (Phi) is 3.75. The zero-order valence-electron chi connectivity index (χ0n) is 11.2. The lowest BCUT2D eigenvalue weighted by Crippen LogP contribution is -2.23. The van der Waals surface area contributed by atoms with Crippen LogP contribution in [0.3, 0.4) is 0 Å². The number of hydrogen-bond donors (Lipinski definition) is 0. The van der Waals surface area contributed by atoms with Gasteiger partial charge in [0.15, 0.2) is 5.78 Å². The van der Waals surface area contributed by atoms with E-state index < -0.39 is 0 Å². The number of Topliss-reactive ketones (excluding diaryl/α,β-unsaturated/α-hetero) is 1. The van der Waals surface area contributed by atoms with E-state index in [1.807, 2.05) is 18.2 Å². The first-order valence-corrected chi connectivity index (χ1v) is 7.24. The number of anilines is 1. The maximum Gasteiger partial charge on any atom is 0.166 e. The van der Waals surface area contributed by atoms with Gasteiger partial charge in [-0.2, -0.15) is 0 Å². The number of nitrogens with zero attached hydrogens (tertiary/aromatic N) is 1. The molecule has 2 aromatic carbocycles. The molecule has 0 bridgehead atoms. The zero-order valence-corrected chi connectivity index (χ0v) is 11.9. The van der Waals surface area contributed by atoms with Gasteiger partial charge in [-0.3, -0.25) is 4.79 Å². The number of benzene rings is 2. The van der Waals surface area contributed by atoms with E-state index in [1.54, 1.807) is 12.1 Å². The zero-order chi connectivity index (χ0) is 13.9. The molecule has 0 saturated heterocycles. The number of rotatable bonds is 4. The largest absolute Gasteiger partial charge is 0.371 e. The highest BCUT2D eigenvalue weighted by atomic mass is 35.5. The van der Waals surface area contributed by atoms with E-state index in [-0.39, 0.29) is 5.78 Å². The van der Waals surface area contributed by atoms with E-state index in [1.165, 1.54) is 11.3 Å². The van der Waals surface area contributed by atoms with Gasteiger partial charge in [0.25, 0.3) is 0 Å². The second kappa shape index (κ2) is 5.68. The van der Waals surface area contributed by atoms with E-state index in [4.69, 9.17) is 11.6 Å². The summed E-state index contributed by atoms with van der Waals surface area (Å²) in [4.78, 5) is 14.5. The van der Waals surface area contributed by atoms with E-state index in [0.29, 0.717) is 17.0 Å². The minimum absolute atomic E-state index is 0.111. The van der Waals surface area contributed by atoms with Crippen LogP contribution in [0.15, 0.2) is 48.5 Å². The molecule has 0 N–H and O–H groups in total. The van der Waals surface area contributed by atoms with Gasteiger partial charge in [0.1, 0.15) is 0 Å². The normalized spacial score (nSPS) is 13.3. The summed E-state index contributed by atoms with van der Waals surface area (Å²) in [5.74, 6) is 0.111. The molecule has 0 aromatic heterocycles. The van der Waals surface area contributed by atoms with Crippen LogP contribution in [-0.4, -0.2) is 18.9 Å². The monoisotopic (exact) mass is 285 g/mol. The minimum atomic E-state index is 0.111. The minimum Gasteiger partial charge on any atom is -0.371 e. The van der Waals surface area contributed by atoms with Gasteiger partial charge in [0.05, 0.1) is 5.02 Å². The third-order valence-corrected chi connectivity index (χ3v) is 4.10. The fourth-order valence-electron chi connectivity index (χ4n) is 2.70. The summed E-state index contributed by atoms with van der Waals surface area (Å²) in [6.07, 6.45) is 1.56. The molecule has 3 heteroatoms. The fourth-order valence-corrected chi connectivity index (χ4v) is 2.94. The lowest BCUT2D eigenvalue weighted by atomic mass is 10.1. The number of fused-ring (bicyclic) bond motifs is 1. The Morgan fingerprint density at radius 3 is 2.70 bits per heavy atom. The second-order valence-electron chi connectivity index (χ2n) is 5.02. The lowest BCUT2D eigenvalue weighted by Gasteiger charge is -2.18. The summed E-state index contributed by atoms with van der Waals surface area (Å²) in [5, 5.41) is 0.541. The summed E-state index contributed by atoms with van der Waals surface area (Å²) < 4.78 is 0. The first kappa shape index (κ1) is 13.2. The van der Waals surface area contributed by atoms with Crippen molar-refractivity contribution in [2.75, 3.05) is 18.0 Å². The molecule has 2 nitrogen and oxygen atoms in total. The highest BCUT2D eigenvalue weighted by Gasteiger charge is 2.19. The maximum atomic E-state index is 12.2. The predicted molar refractivity (Wildman–Crippen MR) is 82.8 cm³/mol. The van der Waals surface area contributed by atoms with Crippen molar-refractivity contribution in [1.29, 1.82) is 0 Å². The molecule has 0 spiro atoms. The quantitative estimate of drug-likeness (QED) is 0.792. The molecule has 0 amide bonds. The highest BCUT2D eigenvalue weighted by molar-refractivity contribution is 6.33. The van der Waals surface area contributed by atoms with Crippen LogP contribution in [0.25, 0.3) is 0 Å². The molecule has 0 aliphatic carbocycles. The Balaban J connectivity index is 1.67. The molecule has 1 aliphatic heterocycles. The molecule has 0 saturated carbocycles. The number of carbonyl (C=O) groups is 1. The molecule has 0 radical (unpaired) electrons. The molecule has 2 aromatic rings. The molecule has 0 unspecified atom stereocenters. The van der Waals surface area contributed by atoms with Crippen LogP contribution < -0.4 is 4.90 Å². The first-order valence-electron chi connectivity index (χ1n) is 6.86. The molecule has 20 heavy (non-hydrogen) atoms. The molecule has 102 valence electrons. The van der Waals surface area contributed by atoms with Gasteiger partial charge in [-0.25, -0.2) is 0 Å². The number of ketones is 1. The van der Waals surface area contributed by atoms with Gasteiger partial charge in [-0.15, -0.1) is 0 Å². The third-order valence-electron chi connectivity index (χ3n) is 3.77. The van der Waals surface area contributed by atoms with Gasteiger partial charge >= 0.3 is 0 Å². The number of hydrogen-bond acceptors (Lipinski definition) is 2. The van der Waals surface area contributed by atoms with Crippen molar-refractivity contribution in [2.45, 2.75) is 12.8 Å². The van der Waals surface area contributed by atoms with Crippen LogP contribution in [0.1, 0.15) is 22.3 Å². The summed E-state index contributed by atoms with van der Waals surface area (Å²) in [6.45, 7) is 1.75. The van der Waals surface area contributed by atoms with Crippen molar-refractivity contribution in [3.8, 4) is 0 Å². The van der Waals surface area contributed by atoms with E-state index in [2.05, 4.69) is 23.1 Å². The first-order chi connectivity index (χ1) is 9.75. The summed E-state index contributed by atoms with van der Waals surface area (Å²) in [6, 6.07) is 15.7. The fraction of sp³-hybridized carbons (Fsp3) is 0.235. The van der Waals surface area contributed by atoms with Crippen molar-refractivity contribution in [3.05, 3.63) is 64.7 Å². The Morgan fingerprint density at radius 1 is 1.10 bits per heavy atom. The van der Waals surface area contributed by atoms with Gasteiger partial charge < -0.3 is 4.90 Å². The Morgan fingerprint density at radius 2 is 1.85 bits per heavy atom. The summed E-state index contributed by atoms with van der Waals surface area (Å²) >= 11 is 6.06. The van der Waals surface area contributed by atoms with E-state index >= 15 is 0 Å². The van der Waals surface area contributed by atoms with Crippen molar-refractivity contribution in [3.63, 3.8) is 0 Å². The smallest absolute Gasteiger partial charge is 0.166 e. The van der Waals surface area contributed by atoms with Crippen molar-refractivity contribution >= 4 is 23.1 Å². The lowest BCUT2D eigenvalue weighted by molar-refractivity contribution is 0.0985. The molecule has 0 fully saturated rings. The summed E-state index contributed by atoms with van der Waals surface area (Å²) in [7, 11) is 0. The van der Waals surface area contributed by atoms with Crippen molar-refractivity contribution < 1.29 is 4.79 Å². The Hall–Kier alpha value is -1.80. The van der Waals surface area contributed by atoms with E-state index in [0.717, 1.165) is 19.5 Å². The van der Waals surface area contributed by atoms with Gasteiger partial charge in [0, 0.05) is 30.8 Å². The predicted octanol–water partition coefficient (Wildman–Crippen LogP) is 3.98. The standard InChI is InChI=1S/C17H16ClNO/c18-15-7-3-2-6-14(15)17(20)10-12-19-11-9-13-5-1-4-8-16(13)19/h1-8H,9-12H2. The van der Waals surface area contributed by atoms with Crippen LogP contribution in [-0.2, 0) is 6.42 Å². The molecule has 3 rings (SSSR count). The highest BCUT2D eigenvalue weighted by Crippen LogP contribution is 2.27. The average Bonchev–Trinajstić information content (AvgIpc) is 2.88. The second-order valence-corrected chi connectivity index (χ2v) is 5.43. The van der Waals surface area contributed by atoms with Gasteiger partial charge in [-0.05, 0) is 30.2 Å². The summed E-state index contributed by atoms with van der Waals surface area (Å²) in [5.41, 5.74) is 3.26. The number of halogens is 1. The van der Waals surface area contributed by atoms with Gasteiger partial charge in [0.2, 0.25) is 0 Å². The number of para-hydroxylation sites is 1. The third kappa shape index (κ3) is 2.56. The molecule has 0 atom stereocenters. The van der Waals surface area contributed by atoms with Crippen molar-refractivity contribution in [1.82, 2.24) is 0 Å². The molecule has 1 aliphatic rings. The Bertz CT molecular complexity index is 638. The Labute approximate surface area is 124 Å². The number of carbonyl (C=O) groups excluding carboxylic acids is 1. The van der Waals surface area contributed by atoms with Gasteiger partial charge in [-0.1, -0.05) is 41.9 Å². The molecular weight excluding hydrogens is 270 g/mol. The average molecular weight is 286 g/mol. The maximum absolute atomic E-state index is 12.2.